The maximum Gasteiger partial charge on any atom is 0.442 e. The second-order valence-electron chi connectivity index (χ2n) is 6.06. The molecule has 0 aliphatic heterocycles. The van der Waals surface area contributed by atoms with Crippen LogP contribution >= 0.6 is 11.6 Å². The Kier molecular flexibility index (Phi) is 5.71. The molecule has 0 bridgehead atoms. The summed E-state index contributed by atoms with van der Waals surface area (Å²) in [6.45, 7) is 1.56. The minimum Gasteiger partial charge on any atom is -0.348 e. The highest BCUT2D eigenvalue weighted by Crippen LogP contribution is 2.22. The van der Waals surface area contributed by atoms with Crippen molar-refractivity contribution in [2.75, 3.05) is 0 Å². The Morgan fingerprint density at radius 1 is 1.26 bits per heavy atom. The molecule has 1 N–H and O–H groups in total. The molecule has 0 aliphatic carbocycles. The van der Waals surface area contributed by atoms with Gasteiger partial charge in [0.2, 0.25) is 5.91 Å². The summed E-state index contributed by atoms with van der Waals surface area (Å²) in [5.41, 5.74) is 1.51. The highest BCUT2D eigenvalue weighted by Gasteiger charge is 2.17. The molecule has 0 aliphatic rings. The van der Waals surface area contributed by atoms with E-state index in [1.165, 1.54) is 12.1 Å². The van der Waals surface area contributed by atoms with Gasteiger partial charge in [0.25, 0.3) is 0 Å². The number of nitrogens with zero attached hydrogens (tertiary/aromatic N) is 2. The summed E-state index contributed by atoms with van der Waals surface area (Å²) < 4.78 is 18.9. The van der Waals surface area contributed by atoms with Crippen LogP contribution in [0.3, 0.4) is 0 Å². The van der Waals surface area contributed by atoms with E-state index in [4.69, 9.17) is 11.6 Å². The van der Waals surface area contributed by atoms with E-state index in [0.29, 0.717) is 5.02 Å². The number of rotatable bonds is 6. The van der Waals surface area contributed by atoms with Crippen LogP contribution in [0.25, 0.3) is 0 Å². The van der Waals surface area contributed by atoms with Crippen LogP contribution in [-0.2, 0) is 17.8 Å². The van der Waals surface area contributed by atoms with Crippen LogP contribution in [0.2, 0.25) is 5.02 Å². The van der Waals surface area contributed by atoms with E-state index in [1.54, 1.807) is 31.2 Å². The zero-order chi connectivity index (χ0) is 19.4. The fraction of sp³-hybridized carbons (Fsp3) is 0.211. The summed E-state index contributed by atoms with van der Waals surface area (Å²) >= 11 is 6.14. The summed E-state index contributed by atoms with van der Waals surface area (Å²) in [7, 11) is 0. The van der Waals surface area contributed by atoms with Gasteiger partial charge in [0.1, 0.15) is 12.4 Å². The zero-order valence-electron chi connectivity index (χ0n) is 14.5. The van der Waals surface area contributed by atoms with Gasteiger partial charge in [0.05, 0.1) is 6.04 Å². The Labute approximate surface area is 159 Å². The summed E-state index contributed by atoms with van der Waals surface area (Å²) in [5, 5.41) is 7.06. The average molecular weight is 390 g/mol. The third-order valence-electron chi connectivity index (χ3n) is 4.09. The SMILES string of the molecule is CC(NC(=O)Cn1c(Cc2ccc(F)cc2)noc1=O)c1ccccc1Cl. The first-order valence-corrected chi connectivity index (χ1v) is 8.65. The molecule has 1 unspecified atom stereocenters. The van der Waals surface area contributed by atoms with E-state index >= 15 is 0 Å². The molecular weight excluding hydrogens is 373 g/mol. The van der Waals surface area contributed by atoms with Crippen molar-refractivity contribution < 1.29 is 13.7 Å². The summed E-state index contributed by atoms with van der Waals surface area (Å²) in [4.78, 5) is 24.3. The molecule has 2 aromatic carbocycles. The highest BCUT2D eigenvalue weighted by atomic mass is 35.5. The predicted molar refractivity (Wildman–Crippen MR) is 98.0 cm³/mol. The van der Waals surface area contributed by atoms with E-state index in [0.717, 1.165) is 15.7 Å². The number of aromatic nitrogens is 2. The monoisotopic (exact) mass is 389 g/mol. The molecule has 1 aromatic heterocycles. The molecule has 1 heterocycles. The minimum atomic E-state index is -0.729. The van der Waals surface area contributed by atoms with Crippen LogP contribution in [0, 0.1) is 5.82 Å². The largest absolute Gasteiger partial charge is 0.442 e. The van der Waals surface area contributed by atoms with Crippen LogP contribution in [-0.4, -0.2) is 15.6 Å². The molecule has 27 heavy (non-hydrogen) atoms. The van der Waals surface area contributed by atoms with Gasteiger partial charge in [0, 0.05) is 11.4 Å². The van der Waals surface area contributed by atoms with Crippen molar-refractivity contribution in [1.29, 1.82) is 0 Å². The normalized spacial score (nSPS) is 12.0. The van der Waals surface area contributed by atoms with Gasteiger partial charge in [-0.3, -0.25) is 13.9 Å². The maximum absolute atomic E-state index is 13.0. The van der Waals surface area contributed by atoms with Crippen LogP contribution in [0.5, 0.6) is 0 Å². The predicted octanol–water partition coefficient (Wildman–Crippen LogP) is 3.10. The van der Waals surface area contributed by atoms with Gasteiger partial charge < -0.3 is 5.32 Å². The molecule has 1 atom stereocenters. The van der Waals surface area contributed by atoms with Crippen LogP contribution in [0.4, 0.5) is 4.39 Å². The van der Waals surface area contributed by atoms with Crippen molar-refractivity contribution in [1.82, 2.24) is 15.0 Å². The van der Waals surface area contributed by atoms with Crippen LogP contribution in [0.15, 0.2) is 57.8 Å². The molecule has 0 fully saturated rings. The first kappa shape index (κ1) is 18.8. The van der Waals surface area contributed by atoms with Crippen molar-refractivity contribution in [3.63, 3.8) is 0 Å². The van der Waals surface area contributed by atoms with Crippen molar-refractivity contribution in [3.05, 3.63) is 86.9 Å². The molecule has 3 aromatic rings. The standard InChI is InChI=1S/C19H17ClFN3O3/c1-12(15-4-2-3-5-16(15)20)22-18(25)11-24-17(23-27-19(24)26)10-13-6-8-14(21)9-7-13/h2-9,12H,10-11H2,1H3,(H,22,25). The zero-order valence-corrected chi connectivity index (χ0v) is 15.2. The smallest absolute Gasteiger partial charge is 0.348 e. The third kappa shape index (κ3) is 4.62. The fourth-order valence-electron chi connectivity index (χ4n) is 2.70. The maximum atomic E-state index is 13.0. The minimum absolute atomic E-state index is 0.235. The van der Waals surface area contributed by atoms with Gasteiger partial charge in [0.15, 0.2) is 5.82 Å². The number of benzene rings is 2. The summed E-state index contributed by atoms with van der Waals surface area (Å²) in [6.07, 6.45) is 0.235. The van der Waals surface area contributed by atoms with Gasteiger partial charge in [-0.05, 0) is 36.2 Å². The van der Waals surface area contributed by atoms with E-state index < -0.39 is 5.76 Å². The van der Waals surface area contributed by atoms with Gasteiger partial charge in [-0.1, -0.05) is 47.1 Å². The molecule has 8 heteroatoms. The van der Waals surface area contributed by atoms with Crippen LogP contribution in [0.1, 0.15) is 29.9 Å². The molecule has 0 spiro atoms. The number of halogens is 2. The van der Waals surface area contributed by atoms with Gasteiger partial charge in [-0.15, -0.1) is 0 Å². The summed E-state index contributed by atoms with van der Waals surface area (Å²) in [5.74, 6) is -1.18. The van der Waals surface area contributed by atoms with Crippen molar-refractivity contribution in [2.24, 2.45) is 0 Å². The van der Waals surface area contributed by atoms with E-state index in [1.807, 2.05) is 12.1 Å². The second-order valence-corrected chi connectivity index (χ2v) is 6.47. The molecule has 6 nitrogen and oxygen atoms in total. The topological polar surface area (TPSA) is 77.1 Å². The molecule has 0 saturated heterocycles. The molecule has 1 amide bonds. The van der Waals surface area contributed by atoms with Gasteiger partial charge >= 0.3 is 5.76 Å². The fourth-order valence-corrected chi connectivity index (χ4v) is 3.00. The molecule has 3 rings (SSSR count). The number of amides is 1. The lowest BCUT2D eigenvalue weighted by molar-refractivity contribution is -0.122. The number of hydrogen-bond donors (Lipinski definition) is 1. The Morgan fingerprint density at radius 3 is 2.67 bits per heavy atom. The van der Waals surface area contributed by atoms with E-state index in [2.05, 4.69) is 15.0 Å². The Balaban J connectivity index is 1.71. The second kappa shape index (κ2) is 8.18. The number of nitrogens with one attached hydrogen (secondary N) is 1. The quantitative estimate of drug-likeness (QED) is 0.702. The van der Waals surface area contributed by atoms with Gasteiger partial charge in [-0.25, -0.2) is 9.18 Å². The molecule has 0 saturated carbocycles. The Bertz CT molecular complexity index is 998. The average Bonchev–Trinajstić information content (AvgIpc) is 2.97. The Hall–Kier alpha value is -2.93. The lowest BCUT2D eigenvalue weighted by Gasteiger charge is -2.16. The number of carbonyl (C=O) groups excluding carboxylic acids is 1. The summed E-state index contributed by atoms with van der Waals surface area (Å²) in [6, 6.07) is 12.7. The molecule has 0 radical (unpaired) electrons. The van der Waals surface area contributed by atoms with Gasteiger partial charge in [-0.2, -0.15) is 0 Å². The van der Waals surface area contributed by atoms with E-state index in [9.17, 15) is 14.0 Å². The number of carbonyl (C=O) groups is 1. The lowest BCUT2D eigenvalue weighted by atomic mass is 10.1. The third-order valence-corrected chi connectivity index (χ3v) is 4.43. The highest BCUT2D eigenvalue weighted by molar-refractivity contribution is 6.31. The van der Waals surface area contributed by atoms with Crippen molar-refractivity contribution in [3.8, 4) is 0 Å². The van der Waals surface area contributed by atoms with Crippen molar-refractivity contribution >= 4 is 17.5 Å². The molecule has 140 valence electrons. The first-order valence-electron chi connectivity index (χ1n) is 8.27. The van der Waals surface area contributed by atoms with Crippen molar-refractivity contribution in [2.45, 2.75) is 25.9 Å². The molecular formula is C19H17ClFN3O3. The Morgan fingerprint density at radius 2 is 1.96 bits per heavy atom. The first-order chi connectivity index (χ1) is 12.9. The number of hydrogen-bond acceptors (Lipinski definition) is 4. The lowest BCUT2D eigenvalue weighted by Crippen LogP contribution is -2.33. The van der Waals surface area contributed by atoms with Crippen LogP contribution < -0.4 is 11.1 Å². The van der Waals surface area contributed by atoms with E-state index in [-0.39, 0.29) is 36.6 Å².